The van der Waals surface area contributed by atoms with Gasteiger partial charge in [-0.15, -0.1) is 0 Å². The molecule has 3 rings (SSSR count). The van der Waals surface area contributed by atoms with Crippen LogP contribution in [0.2, 0.25) is 0 Å². The molecule has 2 aromatic carbocycles. The van der Waals surface area contributed by atoms with E-state index in [0.717, 1.165) is 23.6 Å². The van der Waals surface area contributed by atoms with Crippen LogP contribution in [0.3, 0.4) is 0 Å². The third-order valence-corrected chi connectivity index (χ3v) is 8.20. The average molecular weight is 540 g/mol. The number of rotatable bonds is 10. The van der Waals surface area contributed by atoms with Crippen molar-refractivity contribution in [1.82, 2.24) is 14.3 Å². The van der Waals surface area contributed by atoms with E-state index < -0.39 is 32.9 Å². The summed E-state index contributed by atoms with van der Waals surface area (Å²) < 4.78 is 81.6. The van der Waals surface area contributed by atoms with Crippen molar-refractivity contribution >= 4 is 10.0 Å². The minimum atomic E-state index is -5.39. The fourth-order valence-electron chi connectivity index (χ4n) is 3.67. The van der Waals surface area contributed by atoms with Crippen LogP contribution in [-0.4, -0.2) is 53.4 Å². The summed E-state index contributed by atoms with van der Waals surface area (Å²) in [6.07, 6.45) is -3.21. The molecule has 0 radical (unpaired) electrons. The van der Waals surface area contributed by atoms with E-state index in [0.29, 0.717) is 28.2 Å². The smallest absolute Gasteiger partial charge is 0.425 e. The van der Waals surface area contributed by atoms with Crippen LogP contribution < -0.4 is 9.47 Å². The second-order valence-electron chi connectivity index (χ2n) is 8.50. The van der Waals surface area contributed by atoms with Crippen molar-refractivity contribution in [3.05, 3.63) is 83.4 Å². The van der Waals surface area contributed by atoms with E-state index in [2.05, 4.69) is 9.97 Å². The van der Waals surface area contributed by atoms with Gasteiger partial charge in [0.05, 0.1) is 14.2 Å². The monoisotopic (exact) mass is 539 g/mol. The van der Waals surface area contributed by atoms with Crippen LogP contribution in [0.1, 0.15) is 29.4 Å². The van der Waals surface area contributed by atoms with E-state index in [1.807, 2.05) is 0 Å². The molecule has 0 bridgehead atoms. The molecule has 12 heteroatoms. The zero-order valence-corrected chi connectivity index (χ0v) is 21.5. The Morgan fingerprint density at radius 1 is 0.892 bits per heavy atom. The molecular formula is C25H28F3N3O5S. The molecule has 200 valence electrons. The summed E-state index contributed by atoms with van der Waals surface area (Å²) in [6, 6.07) is 12.9. The number of hydrogen-bond acceptors (Lipinski definition) is 7. The lowest BCUT2D eigenvalue weighted by molar-refractivity contribution is -0.269. The zero-order chi connectivity index (χ0) is 27.4. The molecule has 0 amide bonds. The minimum absolute atomic E-state index is 0.259. The molecule has 1 aromatic heterocycles. The predicted octanol–water partition coefficient (Wildman–Crippen LogP) is 3.97. The van der Waals surface area contributed by atoms with Gasteiger partial charge in [-0.1, -0.05) is 24.3 Å². The summed E-state index contributed by atoms with van der Waals surface area (Å²) in [6.45, 7) is 1.85. The fraction of sp³-hybridized carbons (Fsp3) is 0.360. The summed E-state index contributed by atoms with van der Waals surface area (Å²) in [4.78, 5) is 7.25. The second kappa shape index (κ2) is 11.0. The number of nitrogens with zero attached hydrogens (tertiary/aromatic N) is 3. The minimum Gasteiger partial charge on any atom is -0.497 e. The number of halogens is 3. The number of benzene rings is 2. The third kappa shape index (κ3) is 6.03. The second-order valence-corrected chi connectivity index (χ2v) is 10.8. The molecule has 0 aliphatic heterocycles. The Hall–Kier alpha value is -3.22. The standard InChI is InChI=1S/C25H28F3N3O5S/c1-17-13-29-23(30-14-17)24(32,25(26,27)28)18(2)37(33,34)31(15-19-5-9-21(35-3)10-6-19)16-20-7-11-22(36-4)12-8-20/h5-14,18,32H,15-16H2,1-4H3/t18-,24-/m0/s1. The lowest BCUT2D eigenvalue weighted by Gasteiger charge is -2.36. The first kappa shape index (κ1) is 28.4. The van der Waals surface area contributed by atoms with Gasteiger partial charge in [0, 0.05) is 25.5 Å². The summed E-state index contributed by atoms with van der Waals surface area (Å²) in [7, 11) is -1.86. The number of sulfonamides is 1. The van der Waals surface area contributed by atoms with E-state index in [4.69, 9.17) is 9.47 Å². The molecule has 0 aliphatic rings. The lowest BCUT2D eigenvalue weighted by Crippen LogP contribution is -2.57. The number of methoxy groups -OCH3 is 2. The van der Waals surface area contributed by atoms with Crippen LogP contribution in [0.25, 0.3) is 0 Å². The van der Waals surface area contributed by atoms with E-state index in [1.165, 1.54) is 14.2 Å². The van der Waals surface area contributed by atoms with Gasteiger partial charge in [-0.2, -0.15) is 17.5 Å². The predicted molar refractivity (Wildman–Crippen MR) is 130 cm³/mol. The quantitative estimate of drug-likeness (QED) is 0.416. The molecule has 1 N–H and O–H groups in total. The Morgan fingerprint density at radius 2 is 1.30 bits per heavy atom. The van der Waals surface area contributed by atoms with Crippen LogP contribution in [-0.2, 0) is 28.7 Å². The molecule has 3 aromatic rings. The first-order chi connectivity index (χ1) is 17.3. The third-order valence-electron chi connectivity index (χ3n) is 5.98. The number of aliphatic hydroxyl groups is 1. The molecular weight excluding hydrogens is 511 g/mol. The molecule has 0 saturated carbocycles. The molecule has 0 fully saturated rings. The summed E-state index contributed by atoms with van der Waals surface area (Å²) in [5, 5.41) is 8.57. The SMILES string of the molecule is COc1ccc(CN(Cc2ccc(OC)cc2)S(=O)(=O)[C@@H](C)[C@](O)(c2ncc(C)cn2)C(F)(F)F)cc1. The zero-order valence-electron chi connectivity index (χ0n) is 20.7. The highest BCUT2D eigenvalue weighted by molar-refractivity contribution is 7.89. The van der Waals surface area contributed by atoms with Gasteiger partial charge in [0.25, 0.3) is 0 Å². The van der Waals surface area contributed by atoms with Gasteiger partial charge in [-0.3, -0.25) is 0 Å². The Kier molecular flexibility index (Phi) is 8.45. The summed E-state index contributed by atoms with van der Waals surface area (Å²) >= 11 is 0. The van der Waals surface area contributed by atoms with Crippen molar-refractivity contribution < 1.29 is 36.2 Å². The van der Waals surface area contributed by atoms with Crippen molar-refractivity contribution in [2.24, 2.45) is 0 Å². The highest BCUT2D eigenvalue weighted by atomic mass is 32.2. The fourth-order valence-corrected chi connectivity index (χ4v) is 5.45. The van der Waals surface area contributed by atoms with Gasteiger partial charge in [0.2, 0.25) is 15.6 Å². The van der Waals surface area contributed by atoms with Gasteiger partial charge in [0.1, 0.15) is 16.7 Å². The number of aromatic nitrogens is 2. The van der Waals surface area contributed by atoms with Crippen LogP contribution in [0.15, 0.2) is 60.9 Å². The first-order valence-electron chi connectivity index (χ1n) is 11.2. The molecule has 2 atom stereocenters. The van der Waals surface area contributed by atoms with Crippen LogP contribution >= 0.6 is 0 Å². The van der Waals surface area contributed by atoms with E-state index >= 15 is 0 Å². The van der Waals surface area contributed by atoms with Gasteiger partial charge in [-0.05, 0) is 54.8 Å². The van der Waals surface area contributed by atoms with E-state index in [9.17, 15) is 26.7 Å². The number of hydrogen-bond donors (Lipinski definition) is 1. The largest absolute Gasteiger partial charge is 0.497 e. The van der Waals surface area contributed by atoms with Gasteiger partial charge >= 0.3 is 6.18 Å². The van der Waals surface area contributed by atoms with Gasteiger partial charge in [-0.25, -0.2) is 18.4 Å². The first-order valence-corrected chi connectivity index (χ1v) is 12.7. The maximum absolute atomic E-state index is 14.3. The Bertz CT molecular complexity index is 1240. The summed E-state index contributed by atoms with van der Waals surface area (Å²) in [5.74, 6) is 0.0183. The molecule has 0 saturated heterocycles. The highest BCUT2D eigenvalue weighted by Gasteiger charge is 2.64. The molecule has 0 unspecified atom stereocenters. The topological polar surface area (TPSA) is 102 Å². The molecule has 0 aliphatic carbocycles. The Morgan fingerprint density at radius 3 is 1.65 bits per heavy atom. The summed E-state index contributed by atoms with van der Waals surface area (Å²) in [5.41, 5.74) is -2.40. The Balaban J connectivity index is 2.07. The van der Waals surface area contributed by atoms with Crippen molar-refractivity contribution in [1.29, 1.82) is 0 Å². The van der Waals surface area contributed by atoms with Crippen molar-refractivity contribution in [2.45, 2.75) is 44.0 Å². The number of alkyl halides is 3. The lowest BCUT2D eigenvalue weighted by atomic mass is 9.98. The van der Waals surface area contributed by atoms with E-state index in [-0.39, 0.29) is 13.1 Å². The maximum atomic E-state index is 14.3. The van der Waals surface area contributed by atoms with E-state index in [1.54, 1.807) is 55.5 Å². The van der Waals surface area contributed by atoms with Crippen LogP contribution in [0.5, 0.6) is 11.5 Å². The van der Waals surface area contributed by atoms with Crippen molar-refractivity contribution in [3.8, 4) is 11.5 Å². The molecule has 37 heavy (non-hydrogen) atoms. The normalized spacial score (nSPS) is 14.7. The molecule has 0 spiro atoms. The molecule has 1 heterocycles. The van der Waals surface area contributed by atoms with Gasteiger partial charge in [0.15, 0.2) is 5.82 Å². The van der Waals surface area contributed by atoms with Crippen molar-refractivity contribution in [3.63, 3.8) is 0 Å². The van der Waals surface area contributed by atoms with Gasteiger partial charge < -0.3 is 14.6 Å². The van der Waals surface area contributed by atoms with Crippen LogP contribution in [0.4, 0.5) is 13.2 Å². The number of ether oxygens (including phenoxy) is 2. The number of aryl methyl sites for hydroxylation is 1. The Labute approximate surface area is 213 Å². The van der Waals surface area contributed by atoms with Crippen molar-refractivity contribution in [2.75, 3.05) is 14.2 Å². The average Bonchev–Trinajstić information content (AvgIpc) is 2.88. The highest BCUT2D eigenvalue weighted by Crippen LogP contribution is 2.43. The van der Waals surface area contributed by atoms with Crippen LogP contribution in [0, 0.1) is 6.92 Å². The molecule has 8 nitrogen and oxygen atoms in total. The maximum Gasteiger partial charge on any atom is 0.425 e.